The van der Waals surface area contributed by atoms with Crippen molar-refractivity contribution in [3.05, 3.63) is 47.8 Å². The standard InChI is InChI=1S/C18H17FN4O3S/c1-11(26-2)10-21-18-22-17-13(6-4-8-16(17)27(24,25)23-18)12-5-3-7-15(19)14(12)9-20/h3-8,11H,10H2,1-2H3,(H2,21,22,23). The number of para-hydroxylation sites is 1. The van der Waals surface area contributed by atoms with E-state index in [1.807, 2.05) is 6.07 Å². The van der Waals surface area contributed by atoms with Crippen LogP contribution in [0.5, 0.6) is 0 Å². The van der Waals surface area contributed by atoms with Gasteiger partial charge in [0.15, 0.2) is 0 Å². The van der Waals surface area contributed by atoms with Crippen molar-refractivity contribution in [3.63, 3.8) is 0 Å². The number of methoxy groups -OCH3 is 1. The Bertz CT molecular complexity index is 1060. The van der Waals surface area contributed by atoms with Crippen LogP contribution < -0.4 is 10.0 Å². The first kappa shape index (κ1) is 18.8. The maximum Gasteiger partial charge on any atom is 0.266 e. The maximum absolute atomic E-state index is 14.0. The average Bonchev–Trinajstić information content (AvgIpc) is 2.65. The molecular weight excluding hydrogens is 371 g/mol. The Morgan fingerprint density at radius 2 is 1.96 bits per heavy atom. The molecule has 0 fully saturated rings. The van der Waals surface area contributed by atoms with Gasteiger partial charge < -0.3 is 10.1 Å². The lowest BCUT2D eigenvalue weighted by molar-refractivity contribution is 0.125. The van der Waals surface area contributed by atoms with Crippen LogP contribution in [0.3, 0.4) is 0 Å². The summed E-state index contributed by atoms with van der Waals surface area (Å²) in [5.74, 6) is -0.638. The van der Waals surface area contributed by atoms with Crippen molar-refractivity contribution in [2.24, 2.45) is 4.99 Å². The molecule has 0 amide bonds. The molecule has 0 aliphatic carbocycles. The van der Waals surface area contributed by atoms with Crippen molar-refractivity contribution >= 4 is 21.7 Å². The van der Waals surface area contributed by atoms with Crippen LogP contribution in [0, 0.1) is 17.1 Å². The number of anilines is 1. The highest BCUT2D eigenvalue weighted by Crippen LogP contribution is 2.37. The number of rotatable bonds is 4. The molecule has 1 heterocycles. The molecule has 1 atom stereocenters. The fourth-order valence-corrected chi connectivity index (χ4v) is 3.83. The molecule has 0 aromatic heterocycles. The van der Waals surface area contributed by atoms with Crippen LogP contribution in [0.1, 0.15) is 12.5 Å². The second-order valence-corrected chi connectivity index (χ2v) is 7.57. The molecule has 1 aliphatic heterocycles. The highest BCUT2D eigenvalue weighted by molar-refractivity contribution is 7.90. The molecule has 0 bridgehead atoms. The summed E-state index contributed by atoms with van der Waals surface area (Å²) < 4.78 is 46.7. The molecule has 9 heteroatoms. The minimum absolute atomic E-state index is 0.00751. The van der Waals surface area contributed by atoms with Gasteiger partial charge in [0, 0.05) is 18.2 Å². The number of halogens is 1. The fourth-order valence-electron chi connectivity index (χ4n) is 2.66. The summed E-state index contributed by atoms with van der Waals surface area (Å²) in [5, 5.41) is 12.3. The number of guanidine groups is 1. The van der Waals surface area contributed by atoms with Crippen LogP contribution in [0.15, 0.2) is 46.3 Å². The minimum Gasteiger partial charge on any atom is -0.380 e. The summed E-state index contributed by atoms with van der Waals surface area (Å²) >= 11 is 0. The third kappa shape index (κ3) is 3.63. The van der Waals surface area contributed by atoms with E-state index in [1.165, 1.54) is 31.4 Å². The molecule has 1 aliphatic rings. The van der Waals surface area contributed by atoms with Crippen molar-refractivity contribution in [2.45, 2.75) is 17.9 Å². The number of nitriles is 1. The Balaban J connectivity index is 2.16. The third-order valence-corrected chi connectivity index (χ3v) is 5.50. The van der Waals surface area contributed by atoms with Gasteiger partial charge in [-0.1, -0.05) is 24.3 Å². The number of sulfonamides is 1. The molecule has 2 aromatic rings. The third-order valence-electron chi connectivity index (χ3n) is 4.11. The molecule has 140 valence electrons. The summed E-state index contributed by atoms with van der Waals surface area (Å²) in [6.07, 6.45) is -0.200. The normalized spacial score (nSPS) is 17.3. The van der Waals surface area contributed by atoms with Gasteiger partial charge in [0.2, 0.25) is 5.96 Å². The van der Waals surface area contributed by atoms with Crippen LogP contribution in [0.4, 0.5) is 10.1 Å². The Kier molecular flexibility index (Phi) is 5.12. The van der Waals surface area contributed by atoms with Gasteiger partial charge >= 0.3 is 0 Å². The maximum atomic E-state index is 14.0. The highest BCUT2D eigenvalue weighted by Gasteiger charge is 2.29. The van der Waals surface area contributed by atoms with Crippen molar-refractivity contribution < 1.29 is 17.5 Å². The fraction of sp³-hybridized carbons (Fsp3) is 0.222. The van der Waals surface area contributed by atoms with Crippen molar-refractivity contribution in [3.8, 4) is 17.2 Å². The monoisotopic (exact) mass is 388 g/mol. The molecule has 0 radical (unpaired) electrons. The van der Waals surface area contributed by atoms with Gasteiger partial charge in [0.05, 0.1) is 23.9 Å². The largest absolute Gasteiger partial charge is 0.380 e. The number of hydrogen-bond acceptors (Lipinski definition) is 5. The van der Waals surface area contributed by atoms with Gasteiger partial charge in [-0.2, -0.15) is 5.26 Å². The summed E-state index contributed by atoms with van der Waals surface area (Å²) in [5.41, 5.74) is 0.766. The highest BCUT2D eigenvalue weighted by atomic mass is 32.2. The first-order chi connectivity index (χ1) is 12.9. The molecule has 0 saturated heterocycles. The Hall–Kier alpha value is -2.96. The van der Waals surface area contributed by atoms with Crippen molar-refractivity contribution in [1.29, 1.82) is 5.26 Å². The van der Waals surface area contributed by atoms with Gasteiger partial charge in [-0.05, 0) is 19.1 Å². The zero-order valence-electron chi connectivity index (χ0n) is 14.7. The second kappa shape index (κ2) is 7.34. The molecule has 7 nitrogen and oxygen atoms in total. The van der Waals surface area contributed by atoms with E-state index in [4.69, 9.17) is 4.74 Å². The van der Waals surface area contributed by atoms with Crippen LogP contribution in [0.25, 0.3) is 11.1 Å². The van der Waals surface area contributed by atoms with Gasteiger partial charge in [-0.15, -0.1) is 0 Å². The van der Waals surface area contributed by atoms with Crippen molar-refractivity contribution in [2.75, 3.05) is 19.0 Å². The molecule has 2 aromatic carbocycles. The summed E-state index contributed by atoms with van der Waals surface area (Å²) in [4.78, 5) is 4.19. The topological polar surface area (TPSA) is 104 Å². The lowest BCUT2D eigenvalue weighted by Gasteiger charge is -2.24. The molecule has 1 unspecified atom stereocenters. The smallest absolute Gasteiger partial charge is 0.266 e. The van der Waals surface area contributed by atoms with Crippen LogP contribution in [0.2, 0.25) is 0 Å². The SMILES string of the molecule is COC(C)CN=C1Nc2c(-c3cccc(F)c3C#N)cccc2S(=O)(=O)N1. The van der Waals surface area contributed by atoms with Gasteiger partial charge in [-0.3, -0.25) is 0 Å². The molecular formula is C18H17FN4O3S. The predicted octanol–water partition coefficient (Wildman–Crippen LogP) is 2.46. The van der Waals surface area contributed by atoms with E-state index in [9.17, 15) is 18.1 Å². The van der Waals surface area contributed by atoms with Gasteiger partial charge in [-0.25, -0.2) is 22.5 Å². The van der Waals surface area contributed by atoms with E-state index < -0.39 is 15.8 Å². The lowest BCUT2D eigenvalue weighted by Crippen LogP contribution is -2.41. The zero-order valence-corrected chi connectivity index (χ0v) is 15.5. The van der Waals surface area contributed by atoms with E-state index in [0.717, 1.165) is 0 Å². The quantitative estimate of drug-likeness (QED) is 0.837. The van der Waals surface area contributed by atoms with Crippen LogP contribution in [-0.4, -0.2) is 34.1 Å². The first-order valence-electron chi connectivity index (χ1n) is 8.06. The van der Waals surface area contributed by atoms with Gasteiger partial charge in [0.1, 0.15) is 16.8 Å². The van der Waals surface area contributed by atoms with Crippen molar-refractivity contribution in [1.82, 2.24) is 4.72 Å². The summed E-state index contributed by atoms with van der Waals surface area (Å²) in [7, 11) is -2.33. The van der Waals surface area contributed by atoms with Gasteiger partial charge in [0.25, 0.3) is 10.0 Å². The molecule has 27 heavy (non-hydrogen) atoms. The zero-order chi connectivity index (χ0) is 19.6. The number of nitrogens with zero attached hydrogens (tertiary/aromatic N) is 2. The summed E-state index contributed by atoms with van der Waals surface area (Å²) in [6, 6.07) is 10.6. The molecule has 0 spiro atoms. The Morgan fingerprint density at radius 3 is 2.67 bits per heavy atom. The Morgan fingerprint density at radius 1 is 1.26 bits per heavy atom. The lowest BCUT2D eigenvalue weighted by atomic mass is 9.98. The average molecular weight is 388 g/mol. The van der Waals surface area contributed by atoms with E-state index in [2.05, 4.69) is 15.0 Å². The predicted molar refractivity (Wildman–Crippen MR) is 99.3 cm³/mol. The number of nitrogens with one attached hydrogen (secondary N) is 2. The number of fused-ring (bicyclic) bond motifs is 1. The number of benzene rings is 2. The van der Waals surface area contributed by atoms with E-state index in [1.54, 1.807) is 19.1 Å². The number of aliphatic imine (C=N–C) groups is 1. The second-order valence-electron chi connectivity index (χ2n) is 5.92. The molecule has 2 N–H and O–H groups in total. The van der Waals surface area contributed by atoms with E-state index in [-0.39, 0.29) is 34.8 Å². The van der Waals surface area contributed by atoms with E-state index >= 15 is 0 Å². The number of ether oxygens (including phenoxy) is 1. The van der Waals surface area contributed by atoms with Crippen LogP contribution >= 0.6 is 0 Å². The number of hydrogen-bond donors (Lipinski definition) is 2. The summed E-state index contributed by atoms with van der Waals surface area (Å²) in [6.45, 7) is 2.04. The molecule has 3 rings (SSSR count). The molecule has 0 saturated carbocycles. The Labute approximate surface area is 156 Å². The van der Waals surface area contributed by atoms with Crippen LogP contribution in [-0.2, 0) is 14.8 Å². The van der Waals surface area contributed by atoms with E-state index in [0.29, 0.717) is 11.1 Å². The first-order valence-corrected chi connectivity index (χ1v) is 9.54. The minimum atomic E-state index is -3.87.